The minimum Gasteiger partial charge on any atom is -0.323 e. The molecular weight excluding hydrogens is 401 g/mol. The molecule has 140 valence electrons. The molecule has 1 N–H and O–H groups in total. The zero-order valence-corrected chi connectivity index (χ0v) is 15.9. The van der Waals surface area contributed by atoms with Gasteiger partial charge in [0.1, 0.15) is 17.4 Å². The van der Waals surface area contributed by atoms with Gasteiger partial charge >= 0.3 is 0 Å². The first-order valence-corrected chi connectivity index (χ1v) is 9.51. The summed E-state index contributed by atoms with van der Waals surface area (Å²) in [6.45, 7) is -0.224. The minimum atomic E-state index is -0.499. The SMILES string of the molecule is O=C(CN1C(=O)c2cccnc2Sc2ccccc21)Nc1ccc(F)cc1Cl. The van der Waals surface area contributed by atoms with Crippen molar-refractivity contribution < 1.29 is 14.0 Å². The van der Waals surface area contributed by atoms with Crippen molar-refractivity contribution in [1.82, 2.24) is 4.98 Å². The van der Waals surface area contributed by atoms with Crippen LogP contribution in [-0.2, 0) is 4.79 Å². The van der Waals surface area contributed by atoms with E-state index in [0.717, 1.165) is 11.0 Å². The van der Waals surface area contributed by atoms with Gasteiger partial charge in [0, 0.05) is 11.1 Å². The largest absolute Gasteiger partial charge is 0.323 e. The van der Waals surface area contributed by atoms with E-state index in [9.17, 15) is 14.0 Å². The summed E-state index contributed by atoms with van der Waals surface area (Å²) < 4.78 is 13.2. The molecule has 2 aromatic carbocycles. The lowest BCUT2D eigenvalue weighted by Gasteiger charge is -2.22. The van der Waals surface area contributed by atoms with E-state index >= 15 is 0 Å². The monoisotopic (exact) mass is 413 g/mol. The number of amides is 2. The highest BCUT2D eigenvalue weighted by molar-refractivity contribution is 7.99. The highest BCUT2D eigenvalue weighted by Crippen LogP contribution is 2.40. The molecule has 4 rings (SSSR count). The smallest absolute Gasteiger partial charge is 0.261 e. The molecule has 3 aromatic rings. The first-order chi connectivity index (χ1) is 13.5. The van der Waals surface area contributed by atoms with Gasteiger partial charge in [-0.3, -0.25) is 14.5 Å². The zero-order valence-electron chi connectivity index (χ0n) is 14.4. The average molecular weight is 414 g/mol. The molecule has 0 aliphatic carbocycles. The van der Waals surface area contributed by atoms with Gasteiger partial charge < -0.3 is 5.32 Å². The molecule has 0 spiro atoms. The van der Waals surface area contributed by atoms with Crippen LogP contribution in [0.2, 0.25) is 5.02 Å². The third kappa shape index (κ3) is 3.58. The molecule has 0 bridgehead atoms. The predicted octanol–water partition coefficient (Wildman–Crippen LogP) is 4.62. The summed E-state index contributed by atoms with van der Waals surface area (Å²) >= 11 is 7.35. The van der Waals surface area contributed by atoms with Crippen molar-refractivity contribution in [3.05, 3.63) is 77.2 Å². The Bertz CT molecular complexity index is 1090. The number of benzene rings is 2. The molecule has 0 atom stereocenters. The highest BCUT2D eigenvalue weighted by atomic mass is 35.5. The summed E-state index contributed by atoms with van der Waals surface area (Å²) in [7, 11) is 0. The Balaban J connectivity index is 1.66. The fraction of sp³-hybridized carbons (Fsp3) is 0.0500. The lowest BCUT2D eigenvalue weighted by atomic mass is 10.2. The Morgan fingerprint density at radius 1 is 1.18 bits per heavy atom. The van der Waals surface area contributed by atoms with Crippen molar-refractivity contribution in [3.63, 3.8) is 0 Å². The van der Waals surface area contributed by atoms with Gasteiger partial charge in [0.15, 0.2) is 0 Å². The van der Waals surface area contributed by atoms with Crippen LogP contribution in [-0.4, -0.2) is 23.3 Å². The number of fused-ring (bicyclic) bond motifs is 2. The number of pyridine rings is 1. The number of aromatic nitrogens is 1. The maximum atomic E-state index is 13.2. The zero-order chi connectivity index (χ0) is 19.7. The number of hydrogen-bond acceptors (Lipinski definition) is 4. The summed E-state index contributed by atoms with van der Waals surface area (Å²) in [5.74, 6) is -1.27. The lowest BCUT2D eigenvalue weighted by Crippen LogP contribution is -2.38. The second-order valence-corrected chi connectivity index (χ2v) is 7.43. The average Bonchev–Trinajstić information content (AvgIpc) is 2.79. The standard InChI is InChI=1S/C20H13ClFN3O2S/c21-14-10-12(22)7-8-15(14)24-18(26)11-25-16-5-1-2-6-17(16)28-19-13(20(25)27)4-3-9-23-19/h1-10H,11H2,(H,24,26). The fourth-order valence-electron chi connectivity index (χ4n) is 2.84. The molecule has 0 saturated heterocycles. The third-order valence-electron chi connectivity index (χ3n) is 4.12. The molecule has 0 saturated carbocycles. The number of anilines is 2. The van der Waals surface area contributed by atoms with Crippen molar-refractivity contribution >= 4 is 46.6 Å². The van der Waals surface area contributed by atoms with Crippen LogP contribution in [0.5, 0.6) is 0 Å². The lowest BCUT2D eigenvalue weighted by molar-refractivity contribution is -0.114. The van der Waals surface area contributed by atoms with Gasteiger partial charge in [0.25, 0.3) is 5.91 Å². The fourth-order valence-corrected chi connectivity index (χ4v) is 4.07. The van der Waals surface area contributed by atoms with E-state index in [2.05, 4.69) is 10.3 Å². The van der Waals surface area contributed by atoms with Crippen molar-refractivity contribution in [2.45, 2.75) is 9.92 Å². The van der Waals surface area contributed by atoms with Gasteiger partial charge in [-0.25, -0.2) is 9.37 Å². The van der Waals surface area contributed by atoms with Crippen molar-refractivity contribution in [2.24, 2.45) is 0 Å². The van der Waals surface area contributed by atoms with E-state index in [4.69, 9.17) is 11.6 Å². The van der Waals surface area contributed by atoms with Gasteiger partial charge in [0.05, 0.1) is 22.0 Å². The summed E-state index contributed by atoms with van der Waals surface area (Å²) in [4.78, 5) is 32.3. The Kier molecular flexibility index (Phi) is 5.02. The van der Waals surface area contributed by atoms with Crippen molar-refractivity contribution in [3.8, 4) is 0 Å². The van der Waals surface area contributed by atoms with E-state index in [-0.39, 0.29) is 23.2 Å². The van der Waals surface area contributed by atoms with Gasteiger partial charge in [-0.05, 0) is 42.5 Å². The normalized spacial score (nSPS) is 12.8. The Hall–Kier alpha value is -2.90. The van der Waals surface area contributed by atoms with Crippen molar-refractivity contribution in [1.29, 1.82) is 0 Å². The maximum absolute atomic E-state index is 13.2. The summed E-state index contributed by atoms with van der Waals surface area (Å²) in [6.07, 6.45) is 1.63. The number of carbonyl (C=O) groups is 2. The molecule has 2 amide bonds. The maximum Gasteiger partial charge on any atom is 0.261 e. The van der Waals surface area contributed by atoms with Crippen LogP contribution in [0.25, 0.3) is 0 Å². The number of hydrogen-bond donors (Lipinski definition) is 1. The second-order valence-electron chi connectivity index (χ2n) is 5.99. The quantitative estimate of drug-likeness (QED) is 0.680. The minimum absolute atomic E-state index is 0.0843. The van der Waals surface area contributed by atoms with Gasteiger partial charge in [-0.2, -0.15) is 0 Å². The van der Waals surface area contributed by atoms with E-state index in [1.165, 1.54) is 28.8 Å². The molecule has 8 heteroatoms. The van der Waals surface area contributed by atoms with Crippen LogP contribution < -0.4 is 10.2 Å². The molecule has 28 heavy (non-hydrogen) atoms. The van der Waals surface area contributed by atoms with Gasteiger partial charge in [-0.15, -0.1) is 0 Å². The summed E-state index contributed by atoms with van der Waals surface area (Å²) in [6, 6.07) is 14.4. The highest BCUT2D eigenvalue weighted by Gasteiger charge is 2.29. The molecule has 0 radical (unpaired) electrons. The molecule has 1 aliphatic rings. The second kappa shape index (κ2) is 7.61. The van der Waals surface area contributed by atoms with Gasteiger partial charge in [0.2, 0.25) is 5.91 Å². The Labute approximate surface area is 169 Å². The van der Waals surface area contributed by atoms with Crippen LogP contribution in [0.1, 0.15) is 10.4 Å². The van der Waals surface area contributed by atoms with E-state index in [1.54, 1.807) is 30.5 Å². The Morgan fingerprint density at radius 2 is 2.00 bits per heavy atom. The van der Waals surface area contributed by atoms with Crippen molar-refractivity contribution in [2.75, 3.05) is 16.8 Å². The van der Waals surface area contributed by atoms with E-state index in [1.807, 2.05) is 12.1 Å². The first kappa shape index (κ1) is 18.5. The number of nitrogens with zero attached hydrogens (tertiary/aromatic N) is 2. The third-order valence-corrected chi connectivity index (χ3v) is 5.51. The molecule has 2 heterocycles. The number of para-hydroxylation sites is 1. The topological polar surface area (TPSA) is 62.3 Å². The number of rotatable bonds is 3. The summed E-state index contributed by atoms with van der Waals surface area (Å²) in [5.41, 5.74) is 1.33. The summed E-state index contributed by atoms with van der Waals surface area (Å²) in [5, 5.41) is 3.30. The van der Waals surface area contributed by atoms with Gasteiger partial charge in [-0.1, -0.05) is 35.5 Å². The molecular formula is C20H13ClFN3O2S. The van der Waals surface area contributed by atoms with Crippen LogP contribution in [0.15, 0.2) is 70.7 Å². The van der Waals surface area contributed by atoms with E-state index < -0.39 is 11.7 Å². The molecule has 0 unspecified atom stereocenters. The van der Waals surface area contributed by atoms with Crippen LogP contribution >= 0.6 is 23.4 Å². The molecule has 5 nitrogen and oxygen atoms in total. The van der Waals surface area contributed by atoms with E-state index in [0.29, 0.717) is 16.3 Å². The van der Waals surface area contributed by atoms with Crippen LogP contribution in [0.4, 0.5) is 15.8 Å². The molecule has 1 aromatic heterocycles. The molecule has 1 aliphatic heterocycles. The number of carbonyl (C=O) groups excluding carboxylic acids is 2. The van der Waals surface area contributed by atoms with Crippen LogP contribution in [0, 0.1) is 5.82 Å². The van der Waals surface area contributed by atoms with Crippen LogP contribution in [0.3, 0.4) is 0 Å². The number of nitrogens with one attached hydrogen (secondary N) is 1. The molecule has 0 fully saturated rings. The Morgan fingerprint density at radius 3 is 2.82 bits per heavy atom. The number of halogens is 2. The first-order valence-electron chi connectivity index (χ1n) is 8.31. The predicted molar refractivity (Wildman–Crippen MR) is 107 cm³/mol.